The van der Waals surface area contributed by atoms with Crippen LogP contribution in [0.2, 0.25) is 0 Å². The van der Waals surface area contributed by atoms with Crippen LogP contribution in [-0.2, 0) is 13.2 Å². The minimum Gasteiger partial charge on any atom is -0.484 e. The number of benzene rings is 2. The average Bonchev–Trinajstić information content (AvgIpc) is 3.24. The molecular weight excluding hydrogens is 334 g/mol. The van der Waals surface area contributed by atoms with Gasteiger partial charge in [0.1, 0.15) is 5.75 Å². The van der Waals surface area contributed by atoms with Gasteiger partial charge in [0.05, 0.1) is 5.52 Å². The first-order chi connectivity index (χ1) is 12.6. The van der Waals surface area contributed by atoms with Crippen LogP contribution in [0.15, 0.2) is 56.2 Å². The molecule has 0 saturated carbocycles. The van der Waals surface area contributed by atoms with E-state index in [2.05, 4.69) is 10.1 Å². The van der Waals surface area contributed by atoms with E-state index in [1.165, 1.54) is 0 Å². The van der Waals surface area contributed by atoms with Gasteiger partial charge in [-0.15, -0.1) is 0 Å². The van der Waals surface area contributed by atoms with E-state index in [0.29, 0.717) is 29.4 Å². The smallest absolute Gasteiger partial charge is 0.419 e. The number of hydrogen-bond acceptors (Lipinski definition) is 6. The number of oxazole rings is 1. The Hall–Kier alpha value is -3.35. The second kappa shape index (κ2) is 6.51. The average molecular weight is 351 g/mol. The fourth-order valence-corrected chi connectivity index (χ4v) is 2.72. The summed E-state index contributed by atoms with van der Waals surface area (Å²) in [4.78, 5) is 16.1. The zero-order valence-corrected chi connectivity index (χ0v) is 14.4. The van der Waals surface area contributed by atoms with Crippen LogP contribution >= 0.6 is 0 Å². The lowest BCUT2D eigenvalue weighted by Gasteiger charge is -2.02. The number of fused-ring (bicyclic) bond motifs is 1. The summed E-state index contributed by atoms with van der Waals surface area (Å²) >= 11 is 0. The normalized spacial score (nSPS) is 11.2. The van der Waals surface area contributed by atoms with Crippen molar-refractivity contribution in [1.82, 2.24) is 14.7 Å². The first-order valence-corrected chi connectivity index (χ1v) is 8.30. The van der Waals surface area contributed by atoms with Gasteiger partial charge in [-0.2, -0.15) is 4.98 Å². The van der Waals surface area contributed by atoms with E-state index in [9.17, 15) is 4.79 Å². The third-order valence-electron chi connectivity index (χ3n) is 4.09. The summed E-state index contributed by atoms with van der Waals surface area (Å²) in [5.41, 5.74) is 3.11. The molecular formula is C19H17N3O4. The van der Waals surface area contributed by atoms with Crippen molar-refractivity contribution in [2.24, 2.45) is 0 Å². The van der Waals surface area contributed by atoms with Crippen molar-refractivity contribution >= 4 is 11.1 Å². The number of aromatic nitrogens is 3. The molecule has 0 bridgehead atoms. The topological polar surface area (TPSA) is 83.3 Å². The molecule has 26 heavy (non-hydrogen) atoms. The molecule has 0 aliphatic rings. The summed E-state index contributed by atoms with van der Waals surface area (Å²) in [5, 5.41) is 3.98. The van der Waals surface area contributed by atoms with Gasteiger partial charge in [-0.05, 0) is 44.2 Å². The van der Waals surface area contributed by atoms with Crippen LogP contribution in [0.1, 0.15) is 18.4 Å². The highest BCUT2D eigenvalue weighted by molar-refractivity contribution is 5.78. The molecule has 4 rings (SSSR count). The maximum absolute atomic E-state index is 11.8. The predicted octanol–water partition coefficient (Wildman–Crippen LogP) is 3.55. The van der Waals surface area contributed by atoms with Crippen molar-refractivity contribution in [2.45, 2.75) is 27.0 Å². The third kappa shape index (κ3) is 2.99. The van der Waals surface area contributed by atoms with Crippen LogP contribution in [0.5, 0.6) is 5.75 Å². The Morgan fingerprint density at radius 2 is 1.96 bits per heavy atom. The Kier molecular flexibility index (Phi) is 4.04. The molecule has 132 valence electrons. The van der Waals surface area contributed by atoms with E-state index < -0.39 is 0 Å². The molecule has 0 atom stereocenters. The molecule has 0 radical (unpaired) electrons. The summed E-state index contributed by atoms with van der Waals surface area (Å²) in [6.07, 6.45) is 0. The Morgan fingerprint density at radius 1 is 1.15 bits per heavy atom. The van der Waals surface area contributed by atoms with Crippen molar-refractivity contribution in [3.05, 3.63) is 64.5 Å². The van der Waals surface area contributed by atoms with E-state index in [0.717, 1.165) is 16.8 Å². The molecule has 2 aromatic carbocycles. The Bertz CT molecular complexity index is 1110. The van der Waals surface area contributed by atoms with Crippen molar-refractivity contribution in [2.75, 3.05) is 0 Å². The SMILES string of the molecule is CCn1c(=O)oc2cc(-c3noc(COc4ccc(C)cc4)n3)ccc21. The summed E-state index contributed by atoms with van der Waals surface area (Å²) in [7, 11) is 0. The Balaban J connectivity index is 1.54. The second-order valence-electron chi connectivity index (χ2n) is 5.91. The van der Waals surface area contributed by atoms with Crippen LogP contribution in [0.4, 0.5) is 0 Å². The van der Waals surface area contributed by atoms with Gasteiger partial charge in [-0.3, -0.25) is 4.57 Å². The zero-order chi connectivity index (χ0) is 18.1. The number of nitrogens with zero attached hydrogens (tertiary/aromatic N) is 3. The Morgan fingerprint density at radius 3 is 2.73 bits per heavy atom. The standard InChI is InChI=1S/C19H17N3O4/c1-3-22-15-9-6-13(10-16(15)25-19(22)23)18-20-17(26-21-18)11-24-14-7-4-12(2)5-8-14/h4-10H,3,11H2,1-2H3. The molecule has 0 amide bonds. The van der Waals surface area contributed by atoms with Crippen LogP contribution in [0.25, 0.3) is 22.5 Å². The largest absolute Gasteiger partial charge is 0.484 e. The summed E-state index contributed by atoms with van der Waals surface area (Å²) in [6.45, 7) is 4.64. The van der Waals surface area contributed by atoms with Crippen molar-refractivity contribution in [3.8, 4) is 17.1 Å². The van der Waals surface area contributed by atoms with Gasteiger partial charge < -0.3 is 13.7 Å². The number of rotatable bonds is 5. The fraction of sp³-hybridized carbons (Fsp3) is 0.211. The summed E-state index contributed by atoms with van der Waals surface area (Å²) < 4.78 is 17.7. The van der Waals surface area contributed by atoms with Gasteiger partial charge in [0.25, 0.3) is 5.89 Å². The summed E-state index contributed by atoms with van der Waals surface area (Å²) in [6, 6.07) is 13.1. The van der Waals surface area contributed by atoms with Gasteiger partial charge in [-0.1, -0.05) is 22.9 Å². The zero-order valence-electron chi connectivity index (χ0n) is 14.4. The van der Waals surface area contributed by atoms with Crippen molar-refractivity contribution in [3.63, 3.8) is 0 Å². The highest BCUT2D eigenvalue weighted by Gasteiger charge is 2.13. The monoisotopic (exact) mass is 351 g/mol. The highest BCUT2D eigenvalue weighted by Crippen LogP contribution is 2.22. The number of ether oxygens (including phenoxy) is 1. The van der Waals surface area contributed by atoms with Crippen LogP contribution in [0.3, 0.4) is 0 Å². The quantitative estimate of drug-likeness (QED) is 0.547. The molecule has 7 nitrogen and oxygen atoms in total. The predicted molar refractivity (Wildman–Crippen MR) is 95.0 cm³/mol. The maximum Gasteiger partial charge on any atom is 0.419 e. The molecule has 0 spiro atoms. The molecule has 7 heteroatoms. The third-order valence-corrected chi connectivity index (χ3v) is 4.09. The van der Waals surface area contributed by atoms with Gasteiger partial charge in [-0.25, -0.2) is 4.79 Å². The Labute approximate surface area is 148 Å². The first-order valence-electron chi connectivity index (χ1n) is 8.30. The minimum absolute atomic E-state index is 0.180. The lowest BCUT2D eigenvalue weighted by atomic mass is 10.2. The maximum atomic E-state index is 11.8. The van der Waals surface area contributed by atoms with Gasteiger partial charge >= 0.3 is 5.76 Å². The van der Waals surface area contributed by atoms with Crippen LogP contribution < -0.4 is 10.5 Å². The molecule has 4 aromatic rings. The van der Waals surface area contributed by atoms with E-state index in [1.807, 2.05) is 50.2 Å². The molecule has 2 heterocycles. The van der Waals surface area contributed by atoms with E-state index >= 15 is 0 Å². The van der Waals surface area contributed by atoms with Crippen molar-refractivity contribution < 1.29 is 13.7 Å². The molecule has 0 fully saturated rings. The first kappa shape index (κ1) is 16.1. The summed E-state index contributed by atoms with van der Waals surface area (Å²) in [5.74, 6) is 1.15. The molecule has 2 aromatic heterocycles. The minimum atomic E-state index is -0.375. The van der Waals surface area contributed by atoms with Crippen LogP contribution in [0, 0.1) is 6.92 Å². The fourth-order valence-electron chi connectivity index (χ4n) is 2.72. The molecule has 0 aliphatic carbocycles. The second-order valence-corrected chi connectivity index (χ2v) is 5.91. The van der Waals surface area contributed by atoms with E-state index in [1.54, 1.807) is 10.6 Å². The number of aryl methyl sites for hydroxylation is 2. The molecule has 0 saturated heterocycles. The van der Waals surface area contributed by atoms with Gasteiger partial charge in [0, 0.05) is 12.1 Å². The van der Waals surface area contributed by atoms with Gasteiger partial charge in [0.15, 0.2) is 12.2 Å². The number of hydrogen-bond donors (Lipinski definition) is 0. The van der Waals surface area contributed by atoms with Gasteiger partial charge in [0.2, 0.25) is 5.82 Å². The molecule has 0 unspecified atom stereocenters. The molecule has 0 aliphatic heterocycles. The lowest BCUT2D eigenvalue weighted by molar-refractivity contribution is 0.243. The lowest BCUT2D eigenvalue weighted by Crippen LogP contribution is -2.11. The van der Waals surface area contributed by atoms with E-state index in [-0.39, 0.29) is 12.4 Å². The highest BCUT2D eigenvalue weighted by atomic mass is 16.5. The van der Waals surface area contributed by atoms with Crippen molar-refractivity contribution in [1.29, 1.82) is 0 Å². The molecule has 0 N–H and O–H groups in total. The van der Waals surface area contributed by atoms with Crippen LogP contribution in [-0.4, -0.2) is 14.7 Å². The van der Waals surface area contributed by atoms with E-state index in [4.69, 9.17) is 13.7 Å².